The summed E-state index contributed by atoms with van der Waals surface area (Å²) in [6.07, 6.45) is 13.4. The van der Waals surface area contributed by atoms with E-state index >= 15 is 0 Å². The Balaban J connectivity index is 0. The molecule has 0 saturated heterocycles. The molecule has 0 amide bonds. The van der Waals surface area contributed by atoms with E-state index in [1.165, 1.54) is 51.4 Å². The second-order valence-electron chi connectivity index (χ2n) is 4.58. The van der Waals surface area contributed by atoms with E-state index in [2.05, 4.69) is 17.0 Å². The molecule has 5 N–H and O–H groups in total. The van der Waals surface area contributed by atoms with Crippen LogP contribution in [0.1, 0.15) is 71.6 Å². The molecule has 6 heteroatoms. The summed E-state index contributed by atoms with van der Waals surface area (Å²) >= 11 is 0. The van der Waals surface area contributed by atoms with E-state index in [-0.39, 0.29) is 5.96 Å². The summed E-state index contributed by atoms with van der Waals surface area (Å²) in [4.78, 5) is 12.9. The molecule has 0 bridgehead atoms. The molecule has 0 heterocycles. The first-order valence-electron chi connectivity index (χ1n) is 7.30. The van der Waals surface area contributed by atoms with Gasteiger partial charge in [-0.3, -0.25) is 4.79 Å². The van der Waals surface area contributed by atoms with Crippen LogP contribution in [0.4, 0.5) is 0 Å². The van der Waals surface area contributed by atoms with Crippen molar-refractivity contribution in [3.63, 3.8) is 0 Å². The van der Waals surface area contributed by atoms with Crippen molar-refractivity contribution >= 4 is 18.1 Å². The summed E-state index contributed by atoms with van der Waals surface area (Å²) < 4.78 is 0. The Morgan fingerprint density at radius 1 is 1.10 bits per heavy atom. The first kappa shape index (κ1) is 20.7. The molecule has 0 saturated carbocycles. The van der Waals surface area contributed by atoms with Crippen molar-refractivity contribution in [2.24, 2.45) is 21.7 Å². The maximum Gasteiger partial charge on any atom is 0.300 e. The van der Waals surface area contributed by atoms with Gasteiger partial charge in [-0.05, 0) is 12.8 Å². The van der Waals surface area contributed by atoms with E-state index in [0.717, 1.165) is 13.3 Å². The number of rotatable bonds is 9. The predicted octanol–water partition coefficient (Wildman–Crippen LogP) is 2.87. The number of carbonyl (C=O) groups is 1. The number of nitrogens with zero attached hydrogens (tertiary/aromatic N) is 2. The Morgan fingerprint density at radius 2 is 1.55 bits per heavy atom. The molecule has 0 atom stereocenters. The van der Waals surface area contributed by atoms with E-state index in [0.29, 0.717) is 0 Å². The summed E-state index contributed by atoms with van der Waals surface area (Å²) in [6.45, 7) is 3.33. The van der Waals surface area contributed by atoms with Gasteiger partial charge >= 0.3 is 0 Å². The van der Waals surface area contributed by atoms with Crippen LogP contribution in [0.2, 0.25) is 0 Å². The van der Waals surface area contributed by atoms with E-state index in [4.69, 9.17) is 21.5 Å². The predicted molar refractivity (Wildman–Crippen MR) is 84.8 cm³/mol. The minimum Gasteiger partial charge on any atom is -0.481 e. The van der Waals surface area contributed by atoms with Gasteiger partial charge in [0.2, 0.25) is 5.96 Å². The van der Waals surface area contributed by atoms with Crippen molar-refractivity contribution in [1.29, 1.82) is 0 Å². The molecule has 0 aliphatic carbocycles. The monoisotopic (exact) mass is 286 g/mol. The molecule has 0 spiro atoms. The van der Waals surface area contributed by atoms with Crippen LogP contribution in [0, 0.1) is 0 Å². The molecule has 0 fully saturated rings. The number of carboxylic acid groups (broad SMARTS) is 1. The SMILES string of the molecule is CC(=O)O.CCCCCCCCCCC=NC(N)=NN. The standard InChI is InChI=1S/C12H26N4.C2H4O2/c1-2-3-4-5-6-7-8-9-10-11-15-12(13)16-14;1-2(3)4/h11H,2-10,14H2,1H3,(H2,13,16);1H3,(H,3,4). The number of aliphatic imine (C=N–C) groups is 1. The van der Waals surface area contributed by atoms with Crippen LogP contribution in [-0.2, 0) is 4.79 Å². The largest absolute Gasteiger partial charge is 0.481 e. The van der Waals surface area contributed by atoms with Gasteiger partial charge in [0.1, 0.15) is 0 Å². The number of hydrazone groups is 1. The van der Waals surface area contributed by atoms with Crippen LogP contribution >= 0.6 is 0 Å². The lowest BCUT2D eigenvalue weighted by Gasteiger charge is -1.99. The van der Waals surface area contributed by atoms with Gasteiger partial charge in [0.25, 0.3) is 5.97 Å². The van der Waals surface area contributed by atoms with Crippen molar-refractivity contribution < 1.29 is 9.90 Å². The maximum absolute atomic E-state index is 9.00. The molecular formula is C14H30N4O2. The van der Waals surface area contributed by atoms with Crippen molar-refractivity contribution in [2.45, 2.75) is 71.6 Å². The highest BCUT2D eigenvalue weighted by molar-refractivity contribution is 5.85. The average Bonchev–Trinajstić information content (AvgIpc) is 2.40. The van der Waals surface area contributed by atoms with E-state index in [9.17, 15) is 0 Å². The molecule has 0 aliphatic heterocycles. The lowest BCUT2D eigenvalue weighted by Crippen LogP contribution is -2.10. The highest BCUT2D eigenvalue weighted by atomic mass is 16.4. The average molecular weight is 286 g/mol. The molecule has 0 unspecified atom stereocenters. The highest BCUT2D eigenvalue weighted by Gasteiger charge is 1.90. The molecule has 0 aromatic carbocycles. The number of aliphatic carboxylic acids is 1. The molecule has 0 aromatic rings. The number of unbranched alkanes of at least 4 members (excludes halogenated alkanes) is 8. The Morgan fingerprint density at radius 3 is 2.00 bits per heavy atom. The van der Waals surface area contributed by atoms with E-state index < -0.39 is 5.97 Å². The molecule has 20 heavy (non-hydrogen) atoms. The Kier molecular flexibility index (Phi) is 18.0. The topological polar surface area (TPSA) is 114 Å². The van der Waals surface area contributed by atoms with Gasteiger partial charge < -0.3 is 16.7 Å². The van der Waals surface area contributed by atoms with Crippen LogP contribution in [0.25, 0.3) is 0 Å². The Hall–Kier alpha value is -1.59. The second-order valence-corrected chi connectivity index (χ2v) is 4.58. The van der Waals surface area contributed by atoms with Gasteiger partial charge in [-0.25, -0.2) is 4.99 Å². The van der Waals surface area contributed by atoms with Crippen LogP contribution < -0.4 is 11.6 Å². The van der Waals surface area contributed by atoms with Gasteiger partial charge in [0.15, 0.2) is 0 Å². The summed E-state index contributed by atoms with van der Waals surface area (Å²) in [7, 11) is 0. The number of hydrogen-bond acceptors (Lipinski definition) is 3. The van der Waals surface area contributed by atoms with Crippen molar-refractivity contribution in [3.8, 4) is 0 Å². The Labute approximate surface area is 122 Å². The fourth-order valence-electron chi connectivity index (χ4n) is 1.56. The maximum atomic E-state index is 9.00. The molecule has 118 valence electrons. The normalized spacial score (nSPS) is 11.2. The van der Waals surface area contributed by atoms with Crippen molar-refractivity contribution in [1.82, 2.24) is 0 Å². The lowest BCUT2D eigenvalue weighted by atomic mass is 10.1. The zero-order valence-corrected chi connectivity index (χ0v) is 12.8. The third-order valence-electron chi connectivity index (χ3n) is 2.54. The molecule has 0 radical (unpaired) electrons. The minimum absolute atomic E-state index is 0.152. The van der Waals surface area contributed by atoms with Crippen molar-refractivity contribution in [2.75, 3.05) is 0 Å². The lowest BCUT2D eigenvalue weighted by molar-refractivity contribution is -0.134. The Bertz CT molecular complexity index is 274. The molecule has 0 aromatic heterocycles. The van der Waals surface area contributed by atoms with E-state index in [1.54, 1.807) is 6.21 Å². The minimum atomic E-state index is -0.833. The van der Waals surface area contributed by atoms with Crippen LogP contribution in [-0.4, -0.2) is 23.2 Å². The first-order chi connectivity index (χ1) is 9.54. The fraction of sp³-hybridized carbons (Fsp3) is 0.786. The van der Waals surface area contributed by atoms with Gasteiger partial charge in [-0.15, -0.1) is 5.10 Å². The number of nitrogens with two attached hydrogens (primary N) is 2. The zero-order chi connectivity index (χ0) is 15.6. The smallest absolute Gasteiger partial charge is 0.300 e. The summed E-state index contributed by atoms with van der Waals surface area (Å²) in [6, 6.07) is 0. The quantitative estimate of drug-likeness (QED) is 0.199. The number of hydrogen-bond donors (Lipinski definition) is 3. The molecular weight excluding hydrogens is 256 g/mol. The van der Waals surface area contributed by atoms with Gasteiger partial charge in [0.05, 0.1) is 0 Å². The number of guanidine groups is 1. The summed E-state index contributed by atoms with van der Waals surface area (Å²) in [5.74, 6) is 4.26. The van der Waals surface area contributed by atoms with Crippen LogP contribution in [0.3, 0.4) is 0 Å². The molecule has 0 rings (SSSR count). The first-order valence-corrected chi connectivity index (χ1v) is 7.30. The van der Waals surface area contributed by atoms with Crippen molar-refractivity contribution in [3.05, 3.63) is 0 Å². The van der Waals surface area contributed by atoms with Gasteiger partial charge in [0, 0.05) is 13.1 Å². The molecule has 0 aliphatic rings. The van der Waals surface area contributed by atoms with E-state index in [1.807, 2.05) is 0 Å². The summed E-state index contributed by atoms with van der Waals surface area (Å²) in [5.41, 5.74) is 5.31. The highest BCUT2D eigenvalue weighted by Crippen LogP contribution is 2.08. The third kappa shape index (κ3) is 25.3. The second kappa shape index (κ2) is 17.4. The summed E-state index contributed by atoms with van der Waals surface area (Å²) in [5, 5.41) is 10.7. The van der Waals surface area contributed by atoms with Crippen LogP contribution in [0.5, 0.6) is 0 Å². The van der Waals surface area contributed by atoms with Gasteiger partial charge in [-0.1, -0.05) is 51.9 Å². The number of carboxylic acids is 1. The van der Waals surface area contributed by atoms with Gasteiger partial charge in [-0.2, -0.15) is 0 Å². The van der Waals surface area contributed by atoms with Crippen LogP contribution in [0.15, 0.2) is 10.1 Å². The fourth-order valence-corrected chi connectivity index (χ4v) is 1.56. The molecule has 6 nitrogen and oxygen atoms in total. The third-order valence-corrected chi connectivity index (χ3v) is 2.54. The zero-order valence-electron chi connectivity index (χ0n) is 12.8.